The normalized spacial score (nSPS) is 21.3. The number of fused-ring (bicyclic) bond motifs is 1. The highest BCUT2D eigenvalue weighted by Gasteiger charge is 2.38. The summed E-state index contributed by atoms with van der Waals surface area (Å²) in [5.74, 6) is -0.936. The van der Waals surface area contributed by atoms with E-state index in [4.69, 9.17) is 5.73 Å². The van der Waals surface area contributed by atoms with E-state index in [9.17, 15) is 18.8 Å². The minimum Gasteiger partial charge on any atom is -0.328 e. The van der Waals surface area contributed by atoms with Gasteiger partial charge >= 0.3 is 0 Å². The first-order chi connectivity index (χ1) is 12.0. The van der Waals surface area contributed by atoms with E-state index in [0.717, 1.165) is 11.1 Å². The topological polar surface area (TPSA) is 105 Å². The second-order valence-electron chi connectivity index (χ2n) is 6.36. The van der Waals surface area contributed by atoms with Crippen LogP contribution in [-0.2, 0) is 22.7 Å². The van der Waals surface area contributed by atoms with Crippen LogP contribution in [0.1, 0.15) is 34.3 Å². The summed E-state index contributed by atoms with van der Waals surface area (Å²) in [6, 6.07) is 4.89. The van der Waals surface area contributed by atoms with Gasteiger partial charge in [-0.1, -0.05) is 12.1 Å². The van der Waals surface area contributed by atoms with Gasteiger partial charge in [0.05, 0.1) is 0 Å². The lowest BCUT2D eigenvalue weighted by atomic mass is 10.0. The molecule has 1 fully saturated rings. The molecule has 0 radical (unpaired) electrons. The molecule has 2 aliphatic heterocycles. The summed E-state index contributed by atoms with van der Waals surface area (Å²) in [5, 5.41) is 5.24. The molecule has 7 nitrogen and oxygen atoms in total. The van der Waals surface area contributed by atoms with Crippen molar-refractivity contribution >= 4 is 17.7 Å². The van der Waals surface area contributed by atoms with Gasteiger partial charge in [0, 0.05) is 38.2 Å². The Balaban J connectivity index is 1.67. The van der Waals surface area contributed by atoms with Gasteiger partial charge < -0.3 is 16.0 Å². The standard InChI is InChI=1S/C17H21FN4O3/c18-12(6-19)8-20-7-10-1-2-11-9-22(17(25)13(11)5-10)14-3-4-15(23)21-16(14)24/h1-2,5,12,14,20H,3-4,6-9,19H2,(H,21,23,24). The van der Waals surface area contributed by atoms with Crippen LogP contribution >= 0.6 is 0 Å². The molecule has 4 N–H and O–H groups in total. The summed E-state index contributed by atoms with van der Waals surface area (Å²) in [7, 11) is 0. The number of halogens is 1. The number of nitrogens with one attached hydrogen (secondary N) is 2. The molecule has 0 saturated carbocycles. The molecule has 134 valence electrons. The van der Waals surface area contributed by atoms with Gasteiger partial charge in [-0.05, 0) is 23.6 Å². The highest BCUT2D eigenvalue weighted by molar-refractivity contribution is 6.05. The first-order valence-corrected chi connectivity index (χ1v) is 8.31. The number of carbonyl (C=O) groups is 3. The van der Waals surface area contributed by atoms with E-state index in [2.05, 4.69) is 10.6 Å². The first kappa shape index (κ1) is 17.5. The summed E-state index contributed by atoms with van der Waals surface area (Å²) in [4.78, 5) is 37.5. The maximum absolute atomic E-state index is 13.1. The molecule has 2 unspecified atom stereocenters. The number of benzene rings is 1. The third kappa shape index (κ3) is 3.69. The van der Waals surface area contributed by atoms with Crippen LogP contribution in [0.5, 0.6) is 0 Å². The van der Waals surface area contributed by atoms with Gasteiger partial charge in [-0.2, -0.15) is 0 Å². The van der Waals surface area contributed by atoms with Crippen LogP contribution in [0.3, 0.4) is 0 Å². The molecule has 0 spiro atoms. The Morgan fingerprint density at radius 2 is 2.16 bits per heavy atom. The minimum absolute atomic E-state index is 0.0312. The minimum atomic E-state index is -1.10. The van der Waals surface area contributed by atoms with Gasteiger partial charge in [0.2, 0.25) is 11.8 Å². The quantitative estimate of drug-likeness (QED) is 0.620. The van der Waals surface area contributed by atoms with Gasteiger partial charge in [0.25, 0.3) is 5.91 Å². The molecule has 0 aromatic heterocycles. The number of carbonyl (C=O) groups excluding carboxylic acids is 3. The van der Waals surface area contributed by atoms with Crippen molar-refractivity contribution in [3.63, 3.8) is 0 Å². The number of imide groups is 1. The predicted molar refractivity (Wildman–Crippen MR) is 88.1 cm³/mol. The molecule has 0 aliphatic carbocycles. The average molecular weight is 348 g/mol. The molecule has 25 heavy (non-hydrogen) atoms. The molecule has 0 bridgehead atoms. The molecular formula is C17H21FN4O3. The van der Waals surface area contributed by atoms with Crippen LogP contribution in [0.25, 0.3) is 0 Å². The van der Waals surface area contributed by atoms with E-state index in [1.54, 1.807) is 6.07 Å². The molecule has 1 aromatic rings. The van der Waals surface area contributed by atoms with Crippen molar-refractivity contribution in [3.8, 4) is 0 Å². The lowest BCUT2D eigenvalue weighted by Crippen LogP contribution is -2.52. The summed E-state index contributed by atoms with van der Waals surface area (Å²) >= 11 is 0. The van der Waals surface area contributed by atoms with Gasteiger partial charge in [-0.15, -0.1) is 0 Å². The lowest BCUT2D eigenvalue weighted by molar-refractivity contribution is -0.136. The Hall–Kier alpha value is -2.32. The average Bonchev–Trinajstić information content (AvgIpc) is 2.91. The fourth-order valence-corrected chi connectivity index (χ4v) is 3.17. The fraction of sp³-hybridized carbons (Fsp3) is 0.471. The monoisotopic (exact) mass is 348 g/mol. The number of rotatable bonds is 6. The summed E-state index contributed by atoms with van der Waals surface area (Å²) < 4.78 is 13.1. The highest BCUT2D eigenvalue weighted by Crippen LogP contribution is 2.28. The Morgan fingerprint density at radius 1 is 1.36 bits per heavy atom. The van der Waals surface area contributed by atoms with Crippen molar-refractivity contribution in [3.05, 3.63) is 34.9 Å². The van der Waals surface area contributed by atoms with Crippen molar-refractivity contribution in [2.24, 2.45) is 5.73 Å². The number of nitrogens with two attached hydrogens (primary N) is 1. The number of amides is 3. The molecular weight excluding hydrogens is 327 g/mol. The van der Waals surface area contributed by atoms with Gasteiger partial charge in [0.1, 0.15) is 12.2 Å². The number of piperidine rings is 1. The Labute approximate surface area is 144 Å². The molecule has 1 aromatic carbocycles. The molecule has 3 amide bonds. The maximum Gasteiger partial charge on any atom is 0.255 e. The summed E-state index contributed by atoms with van der Waals surface area (Å²) in [5.41, 5.74) is 7.50. The van der Waals surface area contributed by atoms with Crippen molar-refractivity contribution in [1.82, 2.24) is 15.5 Å². The molecule has 3 rings (SSSR count). The smallest absolute Gasteiger partial charge is 0.255 e. The van der Waals surface area contributed by atoms with E-state index in [0.29, 0.717) is 25.1 Å². The molecule has 1 saturated heterocycles. The second-order valence-corrected chi connectivity index (χ2v) is 6.36. The Kier molecular flexibility index (Phi) is 5.10. The van der Waals surface area contributed by atoms with Gasteiger partial charge in [-0.25, -0.2) is 4.39 Å². The highest BCUT2D eigenvalue weighted by atomic mass is 19.1. The van der Waals surface area contributed by atoms with E-state index in [1.807, 2.05) is 12.1 Å². The molecule has 2 atom stereocenters. The fourth-order valence-electron chi connectivity index (χ4n) is 3.17. The van der Waals surface area contributed by atoms with E-state index in [1.165, 1.54) is 4.90 Å². The first-order valence-electron chi connectivity index (χ1n) is 8.31. The largest absolute Gasteiger partial charge is 0.328 e. The Morgan fingerprint density at radius 3 is 2.88 bits per heavy atom. The predicted octanol–water partition coefficient (Wildman–Crippen LogP) is -0.166. The number of nitrogens with zero attached hydrogens (tertiary/aromatic N) is 1. The third-order valence-corrected chi connectivity index (χ3v) is 4.54. The van der Waals surface area contributed by atoms with Crippen molar-refractivity contribution in [2.75, 3.05) is 13.1 Å². The van der Waals surface area contributed by atoms with Gasteiger partial charge in [-0.3, -0.25) is 19.7 Å². The number of hydrogen-bond acceptors (Lipinski definition) is 5. The van der Waals surface area contributed by atoms with Gasteiger partial charge in [0.15, 0.2) is 0 Å². The second kappa shape index (κ2) is 7.28. The number of alkyl halides is 1. The van der Waals surface area contributed by atoms with Crippen LogP contribution in [0.2, 0.25) is 0 Å². The number of hydrogen-bond donors (Lipinski definition) is 3. The van der Waals surface area contributed by atoms with Crippen molar-refractivity contribution in [2.45, 2.75) is 38.1 Å². The van der Waals surface area contributed by atoms with Crippen molar-refractivity contribution < 1.29 is 18.8 Å². The van der Waals surface area contributed by atoms with Crippen LogP contribution in [-0.4, -0.2) is 47.9 Å². The SMILES string of the molecule is NCC(F)CNCc1ccc2c(c1)C(=O)N(C1CCC(=O)NC1=O)C2. The summed E-state index contributed by atoms with van der Waals surface area (Å²) in [6.07, 6.45) is -0.522. The Bertz CT molecular complexity index is 709. The van der Waals surface area contributed by atoms with Crippen LogP contribution in [0, 0.1) is 0 Å². The van der Waals surface area contributed by atoms with E-state index in [-0.39, 0.29) is 31.3 Å². The van der Waals surface area contributed by atoms with Crippen LogP contribution < -0.4 is 16.4 Å². The zero-order valence-electron chi connectivity index (χ0n) is 13.8. The third-order valence-electron chi connectivity index (χ3n) is 4.54. The van der Waals surface area contributed by atoms with Crippen molar-refractivity contribution in [1.29, 1.82) is 0 Å². The zero-order valence-corrected chi connectivity index (χ0v) is 13.8. The summed E-state index contributed by atoms with van der Waals surface area (Å²) in [6.45, 7) is 0.911. The van der Waals surface area contributed by atoms with Crippen LogP contribution in [0.4, 0.5) is 4.39 Å². The van der Waals surface area contributed by atoms with E-state index < -0.39 is 18.1 Å². The lowest BCUT2D eigenvalue weighted by Gasteiger charge is -2.29. The molecule has 2 aliphatic rings. The van der Waals surface area contributed by atoms with Crippen LogP contribution in [0.15, 0.2) is 18.2 Å². The zero-order chi connectivity index (χ0) is 18.0. The van der Waals surface area contributed by atoms with E-state index >= 15 is 0 Å². The molecule has 8 heteroatoms. The molecule has 2 heterocycles. The maximum atomic E-state index is 13.1.